The van der Waals surface area contributed by atoms with Crippen molar-refractivity contribution in [1.82, 2.24) is 39.7 Å². The first-order valence-electron chi connectivity index (χ1n) is 15.9. The summed E-state index contributed by atoms with van der Waals surface area (Å²) in [5.74, 6) is 0.903. The Hall–Kier alpha value is -6.25. The number of imidazole rings is 1. The Bertz CT molecular complexity index is 1970. The molecule has 0 unspecified atom stereocenters. The van der Waals surface area contributed by atoms with E-state index < -0.39 is 6.04 Å². The predicted molar refractivity (Wildman–Crippen MR) is 182 cm³/mol. The third-order valence-corrected chi connectivity index (χ3v) is 7.98. The number of amides is 3. The van der Waals surface area contributed by atoms with E-state index in [1.165, 1.54) is 12.0 Å². The van der Waals surface area contributed by atoms with Crippen LogP contribution in [-0.4, -0.2) is 91.7 Å². The molecule has 1 aliphatic rings. The summed E-state index contributed by atoms with van der Waals surface area (Å²) >= 11 is 0. The maximum Gasteiger partial charge on any atom is 0.290 e. The van der Waals surface area contributed by atoms with E-state index in [2.05, 4.69) is 15.6 Å². The molecule has 0 saturated carbocycles. The van der Waals surface area contributed by atoms with Crippen molar-refractivity contribution in [2.45, 2.75) is 32.9 Å². The third-order valence-electron chi connectivity index (χ3n) is 7.98. The SMILES string of the molecule is COc1ccc2cc1OCCn1nc(-c3ccccc3)nc1[C@@H](C)NC(=O)CN(C(=O)Cc1cnc3c(C)cccn13)CCNC2=O.O=CO. The molecular formula is C35H38N8O7. The molecule has 5 aromatic rings. The molecule has 1 aliphatic heterocycles. The van der Waals surface area contributed by atoms with Gasteiger partial charge in [0.15, 0.2) is 17.3 Å². The highest BCUT2D eigenvalue weighted by Crippen LogP contribution is 2.28. The number of ether oxygens (including phenoxy) is 2. The van der Waals surface area contributed by atoms with E-state index in [1.807, 2.05) is 66.9 Å². The molecule has 15 heteroatoms. The van der Waals surface area contributed by atoms with Crippen LogP contribution in [-0.2, 0) is 27.3 Å². The van der Waals surface area contributed by atoms with Crippen molar-refractivity contribution in [2.75, 3.05) is 33.4 Å². The van der Waals surface area contributed by atoms with E-state index in [0.29, 0.717) is 40.9 Å². The smallest absolute Gasteiger partial charge is 0.290 e. The Morgan fingerprint density at radius 3 is 2.64 bits per heavy atom. The lowest BCUT2D eigenvalue weighted by molar-refractivity contribution is -0.135. The summed E-state index contributed by atoms with van der Waals surface area (Å²) in [6.45, 7) is 4.03. The number of benzene rings is 2. The van der Waals surface area contributed by atoms with Crippen molar-refractivity contribution in [3.8, 4) is 22.9 Å². The topological polar surface area (TPSA) is 182 Å². The highest BCUT2D eigenvalue weighted by atomic mass is 16.5. The molecule has 0 fully saturated rings. The highest BCUT2D eigenvalue weighted by Gasteiger charge is 2.24. The fourth-order valence-electron chi connectivity index (χ4n) is 5.54. The molecule has 1 atom stereocenters. The lowest BCUT2D eigenvalue weighted by atomic mass is 10.2. The summed E-state index contributed by atoms with van der Waals surface area (Å²) in [4.78, 5) is 59.3. The van der Waals surface area contributed by atoms with Crippen LogP contribution in [0.2, 0.25) is 0 Å². The van der Waals surface area contributed by atoms with E-state index in [1.54, 1.807) is 29.1 Å². The van der Waals surface area contributed by atoms with Gasteiger partial charge in [-0.25, -0.2) is 14.6 Å². The molecular weight excluding hydrogens is 644 g/mol. The number of fused-ring (bicyclic) bond motifs is 4. The molecule has 3 amide bonds. The molecule has 4 heterocycles. The van der Waals surface area contributed by atoms with Gasteiger partial charge >= 0.3 is 0 Å². The van der Waals surface area contributed by atoms with Gasteiger partial charge in [-0.2, -0.15) is 5.10 Å². The third kappa shape index (κ3) is 8.24. The fraction of sp³-hybridized carbons (Fsp3) is 0.286. The molecule has 0 aliphatic carbocycles. The van der Waals surface area contributed by atoms with Crippen LogP contribution in [0.4, 0.5) is 0 Å². The number of carboxylic acid groups (broad SMARTS) is 1. The largest absolute Gasteiger partial charge is 0.493 e. The van der Waals surface area contributed by atoms with E-state index in [4.69, 9.17) is 29.5 Å². The summed E-state index contributed by atoms with van der Waals surface area (Å²) < 4.78 is 15.1. The number of methoxy groups -OCH3 is 1. The van der Waals surface area contributed by atoms with E-state index in [-0.39, 0.29) is 56.9 Å². The summed E-state index contributed by atoms with van der Waals surface area (Å²) in [7, 11) is 1.53. The molecule has 0 spiro atoms. The van der Waals surface area contributed by atoms with Gasteiger partial charge in [0, 0.05) is 36.6 Å². The number of nitrogens with zero attached hydrogens (tertiary/aromatic N) is 6. The number of rotatable bonds is 4. The first kappa shape index (κ1) is 35.1. The molecule has 50 heavy (non-hydrogen) atoms. The summed E-state index contributed by atoms with van der Waals surface area (Å²) in [6, 6.07) is 17.8. The molecule has 6 rings (SSSR count). The molecule has 0 saturated heterocycles. The maximum absolute atomic E-state index is 13.7. The van der Waals surface area contributed by atoms with Gasteiger partial charge in [-0.05, 0) is 43.7 Å². The quantitative estimate of drug-likeness (QED) is 0.238. The molecule has 2 aromatic carbocycles. The van der Waals surface area contributed by atoms with Gasteiger partial charge in [0.25, 0.3) is 12.4 Å². The van der Waals surface area contributed by atoms with Crippen LogP contribution in [0.3, 0.4) is 0 Å². The maximum atomic E-state index is 13.7. The molecule has 3 aromatic heterocycles. The number of nitrogens with one attached hydrogen (secondary N) is 2. The van der Waals surface area contributed by atoms with Crippen molar-refractivity contribution in [1.29, 1.82) is 0 Å². The second kappa shape index (κ2) is 16.2. The van der Waals surface area contributed by atoms with Crippen molar-refractivity contribution < 1.29 is 33.8 Å². The Labute approximate surface area is 287 Å². The standard InChI is InChI=1S/C34H36N8O5.CH2O2/c1-22-8-7-14-41-26(20-36-32(22)41)19-30(44)40-15-13-35-34(45)25-11-12-27(46-3)28(18-25)47-17-16-42-33(23(2)37-29(43)21-40)38-31(39-42)24-9-5-4-6-10-24;2-1-3/h4-12,14,18,20,23H,13,15-17,19,21H2,1-3H3,(H,35,45)(H,37,43);1H,(H,2,3)/t23-;/m1./s1. The van der Waals surface area contributed by atoms with Crippen LogP contribution >= 0.6 is 0 Å². The molecule has 260 valence electrons. The number of carbonyl (C=O) groups excluding carboxylic acids is 3. The summed E-state index contributed by atoms with van der Waals surface area (Å²) in [6.07, 6.45) is 3.55. The zero-order valence-corrected chi connectivity index (χ0v) is 27.9. The lowest BCUT2D eigenvalue weighted by Gasteiger charge is -2.23. The molecule has 3 N–H and O–H groups in total. The number of aromatic nitrogens is 5. The monoisotopic (exact) mass is 682 g/mol. The summed E-state index contributed by atoms with van der Waals surface area (Å²) in [5.41, 5.74) is 3.64. The minimum Gasteiger partial charge on any atom is -0.493 e. The number of hydrogen-bond acceptors (Lipinski definition) is 9. The first-order valence-corrected chi connectivity index (χ1v) is 15.9. The minimum atomic E-state index is -0.542. The Morgan fingerprint density at radius 2 is 1.88 bits per heavy atom. The fourth-order valence-corrected chi connectivity index (χ4v) is 5.54. The van der Waals surface area contributed by atoms with E-state index >= 15 is 0 Å². The van der Waals surface area contributed by atoms with E-state index in [0.717, 1.165) is 16.8 Å². The van der Waals surface area contributed by atoms with Crippen molar-refractivity contribution >= 4 is 29.8 Å². The van der Waals surface area contributed by atoms with Gasteiger partial charge in [-0.3, -0.25) is 19.2 Å². The van der Waals surface area contributed by atoms with Gasteiger partial charge in [0.05, 0.1) is 38.4 Å². The van der Waals surface area contributed by atoms with Gasteiger partial charge in [-0.1, -0.05) is 36.4 Å². The van der Waals surface area contributed by atoms with Crippen LogP contribution in [0.15, 0.2) is 73.1 Å². The number of hydrogen-bond donors (Lipinski definition) is 3. The zero-order valence-electron chi connectivity index (χ0n) is 27.9. The molecule has 15 nitrogen and oxygen atoms in total. The van der Waals surface area contributed by atoms with Crippen LogP contribution in [0.1, 0.15) is 40.4 Å². The Morgan fingerprint density at radius 1 is 1.10 bits per heavy atom. The van der Waals surface area contributed by atoms with Crippen LogP contribution in [0, 0.1) is 6.92 Å². The average molecular weight is 683 g/mol. The summed E-state index contributed by atoms with van der Waals surface area (Å²) in [5, 5.41) is 17.5. The average Bonchev–Trinajstić information content (AvgIpc) is 3.73. The highest BCUT2D eigenvalue weighted by molar-refractivity contribution is 5.95. The normalized spacial score (nSPS) is 15.3. The molecule has 2 bridgehead atoms. The van der Waals surface area contributed by atoms with Crippen LogP contribution in [0.5, 0.6) is 11.5 Å². The van der Waals surface area contributed by atoms with E-state index in [9.17, 15) is 14.4 Å². The lowest BCUT2D eigenvalue weighted by Crippen LogP contribution is -2.45. The van der Waals surface area contributed by atoms with Gasteiger partial charge in [0.2, 0.25) is 11.8 Å². The van der Waals surface area contributed by atoms with Crippen LogP contribution < -0.4 is 20.1 Å². The second-order valence-electron chi connectivity index (χ2n) is 11.4. The second-order valence-corrected chi connectivity index (χ2v) is 11.4. The minimum absolute atomic E-state index is 0.0232. The zero-order chi connectivity index (χ0) is 35.6. The van der Waals surface area contributed by atoms with Crippen molar-refractivity contribution in [2.24, 2.45) is 0 Å². The number of aryl methyl sites for hydroxylation is 1. The predicted octanol–water partition coefficient (Wildman–Crippen LogP) is 2.68. The molecule has 0 radical (unpaired) electrons. The number of carbonyl (C=O) groups is 4. The van der Waals surface area contributed by atoms with Gasteiger partial charge < -0.3 is 34.5 Å². The van der Waals surface area contributed by atoms with Crippen molar-refractivity contribution in [3.05, 3.63) is 95.7 Å². The van der Waals surface area contributed by atoms with Crippen LogP contribution in [0.25, 0.3) is 17.0 Å². The Balaban J connectivity index is 0.00000156. The van der Waals surface area contributed by atoms with Crippen molar-refractivity contribution in [3.63, 3.8) is 0 Å². The Kier molecular flexibility index (Phi) is 11.4. The first-order chi connectivity index (χ1) is 24.2. The van der Waals surface area contributed by atoms with Gasteiger partial charge in [0.1, 0.15) is 18.1 Å². The number of pyridine rings is 1. The van der Waals surface area contributed by atoms with Gasteiger partial charge in [-0.15, -0.1) is 0 Å².